The van der Waals surface area contributed by atoms with Crippen LogP contribution in [0.15, 0.2) is 29.2 Å². The zero-order valence-electron chi connectivity index (χ0n) is 16.7. The van der Waals surface area contributed by atoms with Crippen molar-refractivity contribution in [1.29, 1.82) is 0 Å². The fourth-order valence-corrected chi connectivity index (χ4v) is 3.58. The molecule has 0 unspecified atom stereocenters. The number of aromatic nitrogens is 2. The van der Waals surface area contributed by atoms with E-state index in [0.29, 0.717) is 28.4 Å². The molecule has 2 heterocycles. The number of nitrogens with zero attached hydrogens (tertiary/aromatic N) is 1. The highest BCUT2D eigenvalue weighted by molar-refractivity contribution is 6.34. The van der Waals surface area contributed by atoms with E-state index in [1.807, 2.05) is 13.0 Å². The van der Waals surface area contributed by atoms with Crippen molar-refractivity contribution < 1.29 is 4.79 Å². The number of benzene rings is 1. The van der Waals surface area contributed by atoms with Crippen molar-refractivity contribution in [3.63, 3.8) is 0 Å². The van der Waals surface area contributed by atoms with E-state index < -0.39 is 0 Å². The second kappa shape index (κ2) is 7.58. The SMILES string of the molecule is [B]c1cc(C(=O)NCc2c(C)cc(N)[nH]c2=O)c2c(C)cn([C@H](C)CC)c2c1. The average Bonchev–Trinajstić information content (AvgIpc) is 2.95. The van der Waals surface area contributed by atoms with Crippen molar-refractivity contribution in [3.8, 4) is 0 Å². The molecule has 0 bridgehead atoms. The molecule has 0 aliphatic rings. The molecule has 2 radical (unpaired) electrons. The van der Waals surface area contributed by atoms with Gasteiger partial charge in [-0.1, -0.05) is 18.5 Å². The molecule has 3 rings (SSSR count). The van der Waals surface area contributed by atoms with Crippen LogP contribution in [0, 0.1) is 13.8 Å². The van der Waals surface area contributed by atoms with Crippen molar-refractivity contribution >= 4 is 35.9 Å². The second-order valence-electron chi connectivity index (χ2n) is 7.34. The number of fused-ring (bicyclic) bond motifs is 1. The maximum absolute atomic E-state index is 13.0. The average molecular weight is 376 g/mol. The summed E-state index contributed by atoms with van der Waals surface area (Å²) >= 11 is 0. The van der Waals surface area contributed by atoms with E-state index in [9.17, 15) is 9.59 Å². The number of aromatic amines is 1. The number of anilines is 1. The molecular weight excluding hydrogens is 351 g/mol. The van der Waals surface area contributed by atoms with Gasteiger partial charge in [0.05, 0.1) is 0 Å². The van der Waals surface area contributed by atoms with Crippen molar-refractivity contribution in [2.45, 2.75) is 46.7 Å². The van der Waals surface area contributed by atoms with Crippen LogP contribution in [0.3, 0.4) is 0 Å². The number of hydrogen-bond donors (Lipinski definition) is 3. The molecule has 7 heteroatoms. The Bertz CT molecular complexity index is 1110. The number of nitrogens with two attached hydrogens (primary N) is 1. The minimum absolute atomic E-state index is 0.113. The number of nitrogen functional groups attached to an aromatic ring is 1. The van der Waals surface area contributed by atoms with Crippen LogP contribution in [-0.2, 0) is 6.54 Å². The van der Waals surface area contributed by atoms with Gasteiger partial charge in [0.15, 0.2) is 0 Å². The van der Waals surface area contributed by atoms with Crippen LogP contribution in [-0.4, -0.2) is 23.3 Å². The summed E-state index contributed by atoms with van der Waals surface area (Å²) in [5, 5.41) is 3.74. The number of aryl methyl sites for hydroxylation is 2. The molecular formula is C21H25BN4O2. The molecule has 2 aromatic heterocycles. The van der Waals surface area contributed by atoms with Crippen molar-refractivity contribution in [2.75, 3.05) is 5.73 Å². The van der Waals surface area contributed by atoms with Gasteiger partial charge < -0.3 is 20.6 Å². The zero-order chi connectivity index (χ0) is 20.6. The molecule has 0 saturated carbocycles. The molecule has 0 fully saturated rings. The minimum Gasteiger partial charge on any atom is -0.385 e. The van der Waals surface area contributed by atoms with Gasteiger partial charge >= 0.3 is 0 Å². The summed E-state index contributed by atoms with van der Waals surface area (Å²) in [6.45, 7) is 8.16. The predicted octanol–water partition coefficient (Wildman–Crippen LogP) is 2.22. The van der Waals surface area contributed by atoms with Gasteiger partial charge in [-0.3, -0.25) is 9.59 Å². The molecule has 1 atom stereocenters. The quantitative estimate of drug-likeness (QED) is 0.596. The highest BCUT2D eigenvalue weighted by Crippen LogP contribution is 2.28. The van der Waals surface area contributed by atoms with Crippen LogP contribution < -0.4 is 22.1 Å². The lowest BCUT2D eigenvalue weighted by Crippen LogP contribution is -2.28. The third-order valence-corrected chi connectivity index (χ3v) is 5.26. The maximum atomic E-state index is 13.0. The predicted molar refractivity (Wildman–Crippen MR) is 114 cm³/mol. The number of H-pyrrole nitrogens is 1. The van der Waals surface area contributed by atoms with E-state index >= 15 is 0 Å². The van der Waals surface area contributed by atoms with Gasteiger partial charge in [0.2, 0.25) is 0 Å². The standard InChI is InChI=1S/C21H25BN4O2/c1-5-13(4)26-10-12(3)19-15(7-14(22)8-17(19)26)20(27)24-9-16-11(2)6-18(23)25-21(16)28/h6-8,10,13H,5,9H2,1-4H3,(H,24,27)(H3,23,25,28)/t13-/m1/s1. The number of nitrogens with one attached hydrogen (secondary N) is 2. The van der Waals surface area contributed by atoms with Crippen molar-refractivity contribution in [3.05, 3.63) is 57.0 Å². The van der Waals surface area contributed by atoms with Crippen LogP contribution in [0.4, 0.5) is 5.82 Å². The van der Waals surface area contributed by atoms with Gasteiger partial charge in [0, 0.05) is 40.8 Å². The fourth-order valence-electron chi connectivity index (χ4n) is 3.58. The van der Waals surface area contributed by atoms with Crippen LogP contribution in [0.5, 0.6) is 0 Å². The first-order valence-corrected chi connectivity index (χ1v) is 9.40. The molecule has 3 aromatic rings. The lowest BCUT2D eigenvalue weighted by atomic mass is 9.91. The number of carbonyl (C=O) groups excluding carboxylic acids is 1. The molecule has 6 nitrogen and oxygen atoms in total. The minimum atomic E-state index is -0.297. The zero-order valence-corrected chi connectivity index (χ0v) is 16.7. The van der Waals surface area contributed by atoms with E-state index in [4.69, 9.17) is 13.6 Å². The van der Waals surface area contributed by atoms with E-state index in [2.05, 4.69) is 34.9 Å². The molecule has 144 valence electrons. The normalized spacial score (nSPS) is 12.3. The Labute approximate surface area is 165 Å². The molecule has 0 saturated heterocycles. The van der Waals surface area contributed by atoms with Gasteiger partial charge in [-0.15, -0.1) is 0 Å². The van der Waals surface area contributed by atoms with Gasteiger partial charge in [-0.05, 0) is 50.5 Å². The Hall–Kier alpha value is -2.96. The monoisotopic (exact) mass is 376 g/mol. The molecule has 1 amide bonds. The van der Waals surface area contributed by atoms with Gasteiger partial charge in [-0.2, -0.15) is 0 Å². The summed E-state index contributed by atoms with van der Waals surface area (Å²) in [4.78, 5) is 27.7. The van der Waals surface area contributed by atoms with E-state index in [-0.39, 0.29) is 18.0 Å². The molecule has 1 aromatic carbocycles. The van der Waals surface area contributed by atoms with E-state index in [1.54, 1.807) is 19.1 Å². The Morgan fingerprint density at radius 3 is 2.64 bits per heavy atom. The number of hydrogen-bond acceptors (Lipinski definition) is 3. The van der Waals surface area contributed by atoms with Gasteiger partial charge in [0.25, 0.3) is 11.5 Å². The molecule has 0 spiro atoms. The lowest BCUT2D eigenvalue weighted by Gasteiger charge is -2.14. The molecule has 0 aliphatic heterocycles. The van der Waals surface area contributed by atoms with E-state index in [1.165, 1.54) is 0 Å². The smallest absolute Gasteiger partial charge is 0.254 e. The third-order valence-electron chi connectivity index (χ3n) is 5.26. The topological polar surface area (TPSA) is 92.9 Å². The van der Waals surface area contributed by atoms with Crippen LogP contribution in [0.1, 0.15) is 53.4 Å². The summed E-state index contributed by atoms with van der Waals surface area (Å²) in [5.74, 6) is 0.0371. The van der Waals surface area contributed by atoms with Crippen LogP contribution >= 0.6 is 0 Å². The summed E-state index contributed by atoms with van der Waals surface area (Å²) in [6, 6.07) is 5.56. The number of rotatable bonds is 5. The van der Waals surface area contributed by atoms with Crippen molar-refractivity contribution in [2.24, 2.45) is 0 Å². The first-order valence-electron chi connectivity index (χ1n) is 9.40. The Morgan fingerprint density at radius 2 is 2.00 bits per heavy atom. The van der Waals surface area contributed by atoms with Gasteiger partial charge in [0.1, 0.15) is 13.7 Å². The van der Waals surface area contributed by atoms with Crippen LogP contribution in [0.25, 0.3) is 10.9 Å². The van der Waals surface area contributed by atoms with Gasteiger partial charge in [-0.25, -0.2) is 0 Å². The fraction of sp³-hybridized carbons (Fsp3) is 0.333. The summed E-state index contributed by atoms with van der Waals surface area (Å²) in [7, 11) is 6.09. The summed E-state index contributed by atoms with van der Waals surface area (Å²) < 4.78 is 2.16. The molecule has 28 heavy (non-hydrogen) atoms. The lowest BCUT2D eigenvalue weighted by molar-refractivity contribution is 0.0952. The van der Waals surface area contributed by atoms with Crippen LogP contribution in [0.2, 0.25) is 0 Å². The van der Waals surface area contributed by atoms with Crippen molar-refractivity contribution in [1.82, 2.24) is 14.9 Å². The second-order valence-corrected chi connectivity index (χ2v) is 7.34. The highest BCUT2D eigenvalue weighted by atomic mass is 16.1. The first kappa shape index (κ1) is 19.8. The molecule has 0 aliphatic carbocycles. The first-order chi connectivity index (χ1) is 13.2. The molecule has 4 N–H and O–H groups in total. The third kappa shape index (κ3) is 3.57. The Morgan fingerprint density at radius 1 is 1.29 bits per heavy atom. The Balaban J connectivity index is 1.98. The summed E-state index contributed by atoms with van der Waals surface area (Å²) in [5.41, 5.74) is 9.57. The highest BCUT2D eigenvalue weighted by Gasteiger charge is 2.18. The number of amides is 1. The maximum Gasteiger partial charge on any atom is 0.254 e. The van der Waals surface area contributed by atoms with E-state index in [0.717, 1.165) is 28.5 Å². The summed E-state index contributed by atoms with van der Waals surface area (Å²) in [6.07, 6.45) is 3.03. The Kier molecular flexibility index (Phi) is 5.36. The number of pyridine rings is 1. The number of carbonyl (C=O) groups is 1. The largest absolute Gasteiger partial charge is 0.385 e.